The lowest BCUT2D eigenvalue weighted by molar-refractivity contribution is 0.529. The van der Waals surface area contributed by atoms with Crippen LogP contribution in [0.4, 0.5) is 5.69 Å². The van der Waals surface area contributed by atoms with Crippen LogP contribution in [0.2, 0.25) is 0 Å². The number of halogens is 1. The molecule has 2 rings (SSSR count). The maximum Gasteiger partial charge on any atom is 0.107 e. The number of nitrogens with two attached hydrogens (primary N) is 1. The lowest BCUT2D eigenvalue weighted by atomic mass is 10.1. The Morgan fingerprint density at radius 3 is 2.74 bits per heavy atom. The lowest BCUT2D eigenvalue weighted by Crippen LogP contribution is -2.22. The molecule has 0 radical (unpaired) electrons. The van der Waals surface area contributed by atoms with Crippen LogP contribution in [-0.2, 0) is 6.54 Å². The fourth-order valence-corrected chi connectivity index (χ4v) is 2.91. The quantitative estimate of drug-likeness (QED) is 0.864. The van der Waals surface area contributed by atoms with Gasteiger partial charge in [0.25, 0.3) is 0 Å². The van der Waals surface area contributed by atoms with E-state index in [0.717, 1.165) is 33.6 Å². The summed E-state index contributed by atoms with van der Waals surface area (Å²) in [5, 5.41) is 0. The van der Waals surface area contributed by atoms with Crippen molar-refractivity contribution in [1.82, 2.24) is 0 Å². The second-order valence-corrected chi connectivity index (χ2v) is 5.65. The van der Waals surface area contributed by atoms with Gasteiger partial charge in [-0.1, -0.05) is 18.3 Å². The SMILES string of the molecule is Cc1occc1CN(C)c1cccc(Br)c1C(N)=S. The number of nitrogens with zero attached hydrogens (tertiary/aromatic N) is 1. The van der Waals surface area contributed by atoms with Crippen molar-refractivity contribution in [2.24, 2.45) is 5.73 Å². The minimum Gasteiger partial charge on any atom is -0.469 e. The number of aryl methyl sites for hydroxylation is 1. The number of thiocarbonyl (C=S) groups is 1. The molecule has 0 saturated heterocycles. The second-order valence-electron chi connectivity index (χ2n) is 4.36. The van der Waals surface area contributed by atoms with E-state index in [2.05, 4.69) is 20.8 Å². The van der Waals surface area contributed by atoms with Crippen molar-refractivity contribution < 1.29 is 4.42 Å². The molecule has 0 fully saturated rings. The van der Waals surface area contributed by atoms with Gasteiger partial charge in [0.2, 0.25) is 0 Å². The summed E-state index contributed by atoms with van der Waals surface area (Å²) in [4.78, 5) is 2.50. The van der Waals surface area contributed by atoms with Crippen LogP contribution in [0.3, 0.4) is 0 Å². The molecule has 0 atom stereocenters. The van der Waals surface area contributed by atoms with Crippen LogP contribution < -0.4 is 10.6 Å². The van der Waals surface area contributed by atoms with Crippen LogP contribution in [0, 0.1) is 6.92 Å². The van der Waals surface area contributed by atoms with Crippen molar-refractivity contribution >= 4 is 38.8 Å². The highest BCUT2D eigenvalue weighted by Crippen LogP contribution is 2.28. The van der Waals surface area contributed by atoms with Gasteiger partial charge < -0.3 is 15.1 Å². The molecule has 0 amide bonds. The van der Waals surface area contributed by atoms with Crippen LogP contribution >= 0.6 is 28.1 Å². The zero-order valence-electron chi connectivity index (χ0n) is 10.8. The fraction of sp³-hybridized carbons (Fsp3) is 0.214. The summed E-state index contributed by atoms with van der Waals surface area (Å²) < 4.78 is 6.23. The molecule has 1 heterocycles. The summed E-state index contributed by atoms with van der Waals surface area (Å²) >= 11 is 8.63. The first-order valence-electron chi connectivity index (χ1n) is 5.83. The van der Waals surface area contributed by atoms with Crippen molar-refractivity contribution in [1.29, 1.82) is 0 Å². The number of hydrogen-bond acceptors (Lipinski definition) is 3. The zero-order chi connectivity index (χ0) is 14.0. The topological polar surface area (TPSA) is 42.4 Å². The first kappa shape index (κ1) is 14.1. The van der Waals surface area contributed by atoms with E-state index in [-0.39, 0.29) is 0 Å². The van der Waals surface area contributed by atoms with Gasteiger partial charge >= 0.3 is 0 Å². The number of benzene rings is 1. The van der Waals surface area contributed by atoms with E-state index in [1.165, 1.54) is 0 Å². The molecule has 0 aliphatic carbocycles. The molecule has 100 valence electrons. The summed E-state index contributed by atoms with van der Waals surface area (Å²) in [6.07, 6.45) is 1.70. The molecular weight excluding hydrogens is 324 g/mol. The van der Waals surface area contributed by atoms with E-state index in [9.17, 15) is 0 Å². The summed E-state index contributed by atoms with van der Waals surface area (Å²) in [6.45, 7) is 2.70. The summed E-state index contributed by atoms with van der Waals surface area (Å²) in [7, 11) is 2.01. The average molecular weight is 339 g/mol. The third-order valence-electron chi connectivity index (χ3n) is 3.02. The highest BCUT2D eigenvalue weighted by molar-refractivity contribution is 9.10. The van der Waals surface area contributed by atoms with Crippen molar-refractivity contribution in [2.45, 2.75) is 13.5 Å². The third kappa shape index (κ3) is 2.98. The number of furan rings is 1. The molecule has 0 saturated carbocycles. The van der Waals surface area contributed by atoms with Gasteiger partial charge in [-0.15, -0.1) is 0 Å². The predicted molar refractivity (Wildman–Crippen MR) is 85.6 cm³/mol. The van der Waals surface area contributed by atoms with E-state index < -0.39 is 0 Å². The third-order valence-corrected chi connectivity index (χ3v) is 3.89. The van der Waals surface area contributed by atoms with E-state index in [1.807, 2.05) is 38.2 Å². The van der Waals surface area contributed by atoms with Gasteiger partial charge in [0, 0.05) is 34.9 Å². The Kier molecular flexibility index (Phi) is 4.27. The molecule has 0 unspecified atom stereocenters. The Bertz CT molecular complexity index is 609. The Morgan fingerprint density at radius 1 is 1.42 bits per heavy atom. The molecule has 0 aliphatic rings. The monoisotopic (exact) mass is 338 g/mol. The van der Waals surface area contributed by atoms with Crippen LogP contribution in [0.15, 0.2) is 39.4 Å². The normalized spacial score (nSPS) is 10.5. The molecule has 0 bridgehead atoms. The summed E-state index contributed by atoms with van der Waals surface area (Å²) in [6, 6.07) is 7.90. The van der Waals surface area contributed by atoms with Crippen molar-refractivity contribution in [3.05, 3.63) is 51.9 Å². The Hall–Kier alpha value is -1.33. The van der Waals surface area contributed by atoms with Gasteiger partial charge in [-0.05, 0) is 41.1 Å². The number of rotatable bonds is 4. The van der Waals surface area contributed by atoms with Gasteiger partial charge in [-0.3, -0.25) is 0 Å². The maximum absolute atomic E-state index is 5.81. The smallest absolute Gasteiger partial charge is 0.107 e. The standard InChI is InChI=1S/C14H15BrN2OS/c1-9-10(6-7-18-9)8-17(2)12-5-3-4-11(15)13(12)14(16)19/h3-7H,8H2,1-2H3,(H2,16,19). The fourth-order valence-electron chi connectivity index (χ4n) is 1.99. The predicted octanol–water partition coefficient (Wildman–Crippen LogP) is 3.62. The zero-order valence-corrected chi connectivity index (χ0v) is 13.2. The molecule has 1 aromatic heterocycles. The van der Waals surface area contributed by atoms with Gasteiger partial charge in [-0.25, -0.2) is 0 Å². The van der Waals surface area contributed by atoms with Crippen LogP contribution in [0.5, 0.6) is 0 Å². The lowest BCUT2D eigenvalue weighted by Gasteiger charge is -2.22. The maximum atomic E-state index is 5.81. The van der Waals surface area contributed by atoms with E-state index in [0.29, 0.717) is 4.99 Å². The van der Waals surface area contributed by atoms with Crippen molar-refractivity contribution in [3.8, 4) is 0 Å². The molecule has 3 nitrogen and oxygen atoms in total. The van der Waals surface area contributed by atoms with Crippen molar-refractivity contribution in [2.75, 3.05) is 11.9 Å². The number of hydrogen-bond donors (Lipinski definition) is 1. The van der Waals surface area contributed by atoms with Crippen LogP contribution in [0.25, 0.3) is 0 Å². The van der Waals surface area contributed by atoms with Crippen LogP contribution in [-0.4, -0.2) is 12.0 Å². The minimum atomic E-state index is 0.387. The van der Waals surface area contributed by atoms with Gasteiger partial charge in [0.05, 0.1) is 6.26 Å². The second kappa shape index (κ2) is 5.75. The largest absolute Gasteiger partial charge is 0.469 e. The molecule has 2 aromatic rings. The molecule has 1 aromatic carbocycles. The molecule has 5 heteroatoms. The highest BCUT2D eigenvalue weighted by Gasteiger charge is 2.14. The minimum absolute atomic E-state index is 0.387. The average Bonchev–Trinajstić information content (AvgIpc) is 2.74. The Balaban J connectivity index is 2.34. The highest BCUT2D eigenvalue weighted by atomic mass is 79.9. The van der Waals surface area contributed by atoms with Gasteiger partial charge in [-0.2, -0.15) is 0 Å². The van der Waals surface area contributed by atoms with E-state index >= 15 is 0 Å². The van der Waals surface area contributed by atoms with E-state index in [1.54, 1.807) is 6.26 Å². The van der Waals surface area contributed by atoms with Crippen LogP contribution in [0.1, 0.15) is 16.9 Å². The first-order valence-corrected chi connectivity index (χ1v) is 7.03. The molecule has 0 spiro atoms. The Morgan fingerprint density at radius 2 is 2.16 bits per heavy atom. The molecule has 19 heavy (non-hydrogen) atoms. The summed E-state index contributed by atoms with van der Waals surface area (Å²) in [5.41, 5.74) is 8.83. The summed E-state index contributed by atoms with van der Waals surface area (Å²) in [5.74, 6) is 0.929. The number of anilines is 1. The molecular formula is C14H15BrN2OS. The van der Waals surface area contributed by atoms with E-state index in [4.69, 9.17) is 22.4 Å². The Labute approximate surface area is 126 Å². The van der Waals surface area contributed by atoms with Gasteiger partial charge in [0.1, 0.15) is 10.7 Å². The first-order chi connectivity index (χ1) is 9.00. The van der Waals surface area contributed by atoms with Gasteiger partial charge in [0.15, 0.2) is 0 Å². The molecule has 0 aliphatic heterocycles. The molecule has 2 N–H and O–H groups in total. The van der Waals surface area contributed by atoms with Crippen molar-refractivity contribution in [3.63, 3.8) is 0 Å².